The lowest BCUT2D eigenvalue weighted by Gasteiger charge is -2.11. The topological polar surface area (TPSA) is 22.4 Å². The Bertz CT molecular complexity index is 513. The molecule has 2 aromatic rings. The molecule has 0 saturated heterocycles. The van der Waals surface area contributed by atoms with E-state index in [9.17, 15) is 0 Å². The Morgan fingerprint density at radius 3 is 2.78 bits per heavy atom. The summed E-state index contributed by atoms with van der Waals surface area (Å²) in [4.78, 5) is 0. The molecule has 0 bridgehead atoms. The highest BCUT2D eigenvalue weighted by Gasteiger charge is 2.22. The van der Waals surface area contributed by atoms with E-state index < -0.39 is 0 Å². The lowest BCUT2D eigenvalue weighted by molar-refractivity contribution is 0.0948. The number of methoxy groups -OCH3 is 1. The SMILES string of the molecule is COC1CCCCc2oc(-c3ccccc3)cc21. The van der Waals surface area contributed by atoms with Gasteiger partial charge in [-0.25, -0.2) is 0 Å². The molecule has 1 heterocycles. The molecule has 1 unspecified atom stereocenters. The van der Waals surface area contributed by atoms with Gasteiger partial charge in [0.2, 0.25) is 0 Å². The van der Waals surface area contributed by atoms with Gasteiger partial charge >= 0.3 is 0 Å². The van der Waals surface area contributed by atoms with Crippen molar-refractivity contribution in [3.05, 3.63) is 47.7 Å². The maximum Gasteiger partial charge on any atom is 0.134 e. The van der Waals surface area contributed by atoms with E-state index in [2.05, 4.69) is 18.2 Å². The molecular weight excluding hydrogens is 224 g/mol. The fourth-order valence-electron chi connectivity index (χ4n) is 2.67. The van der Waals surface area contributed by atoms with E-state index in [0.717, 1.165) is 29.9 Å². The molecule has 1 aliphatic carbocycles. The third-order valence-corrected chi connectivity index (χ3v) is 3.65. The Morgan fingerprint density at radius 2 is 2.00 bits per heavy atom. The van der Waals surface area contributed by atoms with E-state index >= 15 is 0 Å². The first kappa shape index (κ1) is 11.5. The minimum Gasteiger partial charge on any atom is -0.461 e. The number of ether oxygens (including phenoxy) is 1. The second kappa shape index (κ2) is 4.99. The van der Waals surface area contributed by atoms with E-state index in [1.165, 1.54) is 18.4 Å². The van der Waals surface area contributed by atoms with Crippen LogP contribution >= 0.6 is 0 Å². The van der Waals surface area contributed by atoms with Crippen LogP contribution in [0, 0.1) is 0 Å². The van der Waals surface area contributed by atoms with Crippen molar-refractivity contribution in [2.24, 2.45) is 0 Å². The largest absolute Gasteiger partial charge is 0.461 e. The maximum absolute atomic E-state index is 6.02. The third-order valence-electron chi connectivity index (χ3n) is 3.65. The van der Waals surface area contributed by atoms with Gasteiger partial charge in [0.05, 0.1) is 6.10 Å². The maximum atomic E-state index is 6.02. The predicted molar refractivity (Wildman–Crippen MR) is 71.4 cm³/mol. The molecule has 2 nitrogen and oxygen atoms in total. The van der Waals surface area contributed by atoms with Gasteiger partial charge in [-0.3, -0.25) is 0 Å². The van der Waals surface area contributed by atoms with Crippen molar-refractivity contribution in [1.82, 2.24) is 0 Å². The van der Waals surface area contributed by atoms with Crippen LogP contribution in [0.25, 0.3) is 11.3 Å². The van der Waals surface area contributed by atoms with Crippen LogP contribution in [0.4, 0.5) is 0 Å². The van der Waals surface area contributed by atoms with Crippen molar-refractivity contribution in [3.63, 3.8) is 0 Å². The van der Waals surface area contributed by atoms with E-state index in [4.69, 9.17) is 9.15 Å². The third kappa shape index (κ3) is 2.08. The predicted octanol–water partition coefficient (Wildman–Crippen LogP) is 4.36. The van der Waals surface area contributed by atoms with Gasteiger partial charge in [0.25, 0.3) is 0 Å². The van der Waals surface area contributed by atoms with Gasteiger partial charge in [0, 0.05) is 24.7 Å². The van der Waals surface area contributed by atoms with Crippen molar-refractivity contribution in [1.29, 1.82) is 0 Å². The van der Waals surface area contributed by atoms with Crippen LogP contribution in [0.15, 0.2) is 40.8 Å². The van der Waals surface area contributed by atoms with Crippen molar-refractivity contribution >= 4 is 0 Å². The quantitative estimate of drug-likeness (QED) is 0.730. The number of fused-ring (bicyclic) bond motifs is 1. The standard InChI is InChI=1S/C16H18O2/c1-17-14-9-5-6-10-15-13(14)11-16(18-15)12-7-3-2-4-8-12/h2-4,7-8,11,14H,5-6,9-10H2,1H3. The van der Waals surface area contributed by atoms with Gasteiger partial charge in [-0.05, 0) is 18.9 Å². The van der Waals surface area contributed by atoms with Gasteiger partial charge in [0.15, 0.2) is 0 Å². The molecular formula is C16H18O2. The summed E-state index contributed by atoms with van der Waals surface area (Å²) in [5.41, 5.74) is 2.38. The Balaban J connectivity index is 2.01. The zero-order chi connectivity index (χ0) is 12.4. The summed E-state index contributed by atoms with van der Waals surface area (Å²) < 4.78 is 11.6. The van der Waals surface area contributed by atoms with Crippen LogP contribution in [0.3, 0.4) is 0 Å². The van der Waals surface area contributed by atoms with Gasteiger partial charge in [0.1, 0.15) is 11.5 Å². The average Bonchev–Trinajstić information content (AvgIpc) is 2.75. The van der Waals surface area contributed by atoms with Crippen LogP contribution in [0.1, 0.15) is 36.7 Å². The minimum atomic E-state index is 0.198. The molecule has 3 rings (SSSR count). The zero-order valence-corrected chi connectivity index (χ0v) is 10.7. The smallest absolute Gasteiger partial charge is 0.134 e. The second-order valence-electron chi connectivity index (χ2n) is 4.83. The van der Waals surface area contributed by atoms with Gasteiger partial charge < -0.3 is 9.15 Å². The van der Waals surface area contributed by atoms with Crippen LogP contribution in [0.5, 0.6) is 0 Å². The Kier molecular flexibility index (Phi) is 3.20. The summed E-state index contributed by atoms with van der Waals surface area (Å²) in [5.74, 6) is 2.07. The zero-order valence-electron chi connectivity index (χ0n) is 10.7. The number of rotatable bonds is 2. The molecule has 0 radical (unpaired) electrons. The molecule has 0 spiro atoms. The van der Waals surface area contributed by atoms with Crippen molar-refractivity contribution in [2.45, 2.75) is 31.8 Å². The minimum absolute atomic E-state index is 0.198. The number of aryl methyl sites for hydroxylation is 1. The fourth-order valence-corrected chi connectivity index (χ4v) is 2.67. The Hall–Kier alpha value is -1.54. The molecule has 0 N–H and O–H groups in total. The van der Waals surface area contributed by atoms with Gasteiger partial charge in [-0.15, -0.1) is 0 Å². The van der Waals surface area contributed by atoms with Crippen molar-refractivity contribution < 1.29 is 9.15 Å². The summed E-state index contributed by atoms with van der Waals surface area (Å²) in [7, 11) is 1.79. The molecule has 18 heavy (non-hydrogen) atoms. The summed E-state index contributed by atoms with van der Waals surface area (Å²) >= 11 is 0. The Morgan fingerprint density at radius 1 is 1.17 bits per heavy atom. The van der Waals surface area contributed by atoms with Gasteiger partial charge in [-0.2, -0.15) is 0 Å². The highest BCUT2D eigenvalue weighted by molar-refractivity contribution is 5.59. The monoisotopic (exact) mass is 242 g/mol. The fraction of sp³-hybridized carbons (Fsp3) is 0.375. The normalized spacial score (nSPS) is 19.3. The van der Waals surface area contributed by atoms with Crippen molar-refractivity contribution in [2.75, 3.05) is 7.11 Å². The molecule has 1 aromatic heterocycles. The van der Waals surface area contributed by atoms with Gasteiger partial charge in [-0.1, -0.05) is 36.8 Å². The molecule has 1 aliphatic rings. The number of furan rings is 1. The highest BCUT2D eigenvalue weighted by atomic mass is 16.5. The summed E-state index contributed by atoms with van der Waals surface area (Å²) in [6.07, 6.45) is 4.72. The molecule has 2 heteroatoms. The lowest BCUT2D eigenvalue weighted by atomic mass is 10.1. The van der Waals surface area contributed by atoms with Crippen LogP contribution < -0.4 is 0 Å². The lowest BCUT2D eigenvalue weighted by Crippen LogP contribution is -1.99. The number of hydrogen-bond donors (Lipinski definition) is 0. The number of hydrogen-bond acceptors (Lipinski definition) is 2. The molecule has 1 atom stereocenters. The summed E-state index contributed by atoms with van der Waals surface area (Å²) in [6, 6.07) is 12.4. The van der Waals surface area contributed by atoms with E-state index in [1.807, 2.05) is 18.2 Å². The van der Waals surface area contributed by atoms with Crippen LogP contribution in [0.2, 0.25) is 0 Å². The summed E-state index contributed by atoms with van der Waals surface area (Å²) in [5, 5.41) is 0. The molecule has 1 aromatic carbocycles. The molecule has 0 fully saturated rings. The van der Waals surface area contributed by atoms with E-state index in [-0.39, 0.29) is 6.10 Å². The van der Waals surface area contributed by atoms with Crippen LogP contribution in [-0.2, 0) is 11.2 Å². The first-order valence-corrected chi connectivity index (χ1v) is 6.59. The molecule has 0 aliphatic heterocycles. The Labute approximate surface area is 108 Å². The van der Waals surface area contributed by atoms with Crippen molar-refractivity contribution in [3.8, 4) is 11.3 Å². The van der Waals surface area contributed by atoms with Crippen LogP contribution in [-0.4, -0.2) is 7.11 Å². The molecule has 94 valence electrons. The summed E-state index contributed by atoms with van der Waals surface area (Å²) in [6.45, 7) is 0. The number of benzene rings is 1. The highest BCUT2D eigenvalue weighted by Crippen LogP contribution is 2.36. The first-order valence-electron chi connectivity index (χ1n) is 6.59. The average molecular weight is 242 g/mol. The molecule has 0 saturated carbocycles. The van der Waals surface area contributed by atoms with E-state index in [1.54, 1.807) is 7.11 Å². The van der Waals surface area contributed by atoms with E-state index in [0.29, 0.717) is 0 Å². The second-order valence-corrected chi connectivity index (χ2v) is 4.83. The first-order chi connectivity index (χ1) is 8.88. The molecule has 0 amide bonds.